The Morgan fingerprint density at radius 1 is 1.05 bits per heavy atom. The van der Waals surface area contributed by atoms with E-state index in [4.69, 9.17) is 14.5 Å². The van der Waals surface area contributed by atoms with Crippen LogP contribution in [0.1, 0.15) is 67.2 Å². The molecule has 0 bridgehead atoms. The number of amides is 1. The molecule has 0 fully saturated rings. The topological polar surface area (TPSA) is 48.0 Å². The first-order chi connectivity index (χ1) is 9.93. The van der Waals surface area contributed by atoms with E-state index in [2.05, 4.69) is 6.92 Å². The van der Waals surface area contributed by atoms with Crippen LogP contribution < -0.4 is 0 Å². The summed E-state index contributed by atoms with van der Waals surface area (Å²) < 4.78 is 5.14. The molecule has 0 rings (SSSR count). The molecule has 0 aliphatic heterocycles. The normalized spacial score (nSPS) is 13.8. The van der Waals surface area contributed by atoms with Crippen LogP contribution in [0.2, 0.25) is 0 Å². The van der Waals surface area contributed by atoms with Crippen molar-refractivity contribution in [2.75, 3.05) is 20.7 Å². The van der Waals surface area contributed by atoms with Crippen molar-refractivity contribution in [2.45, 2.75) is 78.4 Å². The zero-order chi connectivity index (χ0) is 17.4. The highest BCUT2D eigenvalue weighted by Gasteiger charge is 2.23. The van der Waals surface area contributed by atoms with Crippen molar-refractivity contribution in [3.05, 3.63) is 0 Å². The van der Waals surface area contributed by atoms with Gasteiger partial charge < -0.3 is 9.64 Å². The third-order valence-electron chi connectivity index (χ3n) is 3.19. The SMILES string of the molecule is CC(CCCC(C)(C)OOC(C)(C)C)CCOC(=O)N(C)C. The van der Waals surface area contributed by atoms with Gasteiger partial charge in [0.2, 0.25) is 0 Å². The molecule has 0 aliphatic carbocycles. The summed E-state index contributed by atoms with van der Waals surface area (Å²) in [6, 6.07) is 0. The smallest absolute Gasteiger partial charge is 0.409 e. The second-order valence-corrected chi connectivity index (χ2v) is 7.83. The second-order valence-electron chi connectivity index (χ2n) is 7.83. The van der Waals surface area contributed by atoms with E-state index in [-0.39, 0.29) is 17.3 Å². The van der Waals surface area contributed by atoms with Crippen molar-refractivity contribution < 1.29 is 19.3 Å². The minimum absolute atomic E-state index is 0.277. The van der Waals surface area contributed by atoms with Gasteiger partial charge in [-0.05, 0) is 53.4 Å². The van der Waals surface area contributed by atoms with Gasteiger partial charge in [0.25, 0.3) is 0 Å². The van der Waals surface area contributed by atoms with Crippen molar-refractivity contribution in [3.8, 4) is 0 Å². The molecular formula is C17H35NO4. The number of rotatable bonds is 9. The van der Waals surface area contributed by atoms with Crippen molar-refractivity contribution >= 4 is 6.09 Å². The maximum atomic E-state index is 11.3. The zero-order valence-electron chi connectivity index (χ0n) is 15.7. The molecule has 132 valence electrons. The predicted octanol–water partition coefficient (Wildman–Crippen LogP) is 4.41. The summed E-state index contributed by atoms with van der Waals surface area (Å²) in [5, 5.41) is 0. The molecule has 0 aromatic heterocycles. The maximum Gasteiger partial charge on any atom is 0.409 e. The van der Waals surface area contributed by atoms with E-state index in [0.717, 1.165) is 25.7 Å². The maximum absolute atomic E-state index is 11.3. The van der Waals surface area contributed by atoms with Gasteiger partial charge in [-0.2, -0.15) is 0 Å². The highest BCUT2D eigenvalue weighted by atomic mass is 17.2. The van der Waals surface area contributed by atoms with Crippen LogP contribution in [0.5, 0.6) is 0 Å². The molecule has 0 saturated heterocycles. The summed E-state index contributed by atoms with van der Waals surface area (Å²) in [5.41, 5.74) is -0.578. The van der Waals surface area contributed by atoms with E-state index < -0.39 is 0 Å². The highest BCUT2D eigenvalue weighted by molar-refractivity contribution is 5.66. The molecule has 22 heavy (non-hydrogen) atoms. The number of carbonyl (C=O) groups excluding carboxylic acids is 1. The monoisotopic (exact) mass is 317 g/mol. The summed E-state index contributed by atoms with van der Waals surface area (Å²) in [4.78, 5) is 23.7. The van der Waals surface area contributed by atoms with Gasteiger partial charge in [0.1, 0.15) is 0 Å². The van der Waals surface area contributed by atoms with Crippen molar-refractivity contribution in [1.29, 1.82) is 0 Å². The van der Waals surface area contributed by atoms with Gasteiger partial charge >= 0.3 is 6.09 Å². The quantitative estimate of drug-likeness (QED) is 0.467. The molecule has 0 spiro atoms. The minimum atomic E-state index is -0.291. The van der Waals surface area contributed by atoms with E-state index >= 15 is 0 Å². The molecule has 5 nitrogen and oxygen atoms in total. The Morgan fingerprint density at radius 2 is 1.64 bits per heavy atom. The Hall–Kier alpha value is -0.810. The number of carbonyl (C=O) groups is 1. The Bertz CT molecular complexity index is 321. The first-order valence-electron chi connectivity index (χ1n) is 8.14. The van der Waals surface area contributed by atoms with E-state index in [0.29, 0.717) is 12.5 Å². The second kappa shape index (κ2) is 9.36. The predicted molar refractivity (Wildman–Crippen MR) is 88.7 cm³/mol. The lowest BCUT2D eigenvalue weighted by Crippen LogP contribution is -2.30. The lowest BCUT2D eigenvalue weighted by molar-refractivity contribution is -0.398. The van der Waals surface area contributed by atoms with E-state index in [1.807, 2.05) is 34.6 Å². The van der Waals surface area contributed by atoms with Crippen LogP contribution >= 0.6 is 0 Å². The molecular weight excluding hydrogens is 282 g/mol. The molecule has 0 aliphatic rings. The van der Waals surface area contributed by atoms with Gasteiger partial charge in [-0.1, -0.05) is 19.8 Å². The van der Waals surface area contributed by atoms with Gasteiger partial charge in [0, 0.05) is 14.1 Å². The largest absolute Gasteiger partial charge is 0.449 e. The van der Waals surface area contributed by atoms with E-state index in [9.17, 15) is 4.79 Å². The molecule has 0 aromatic rings. The molecule has 5 heteroatoms. The average Bonchev–Trinajstić information content (AvgIpc) is 2.35. The molecule has 1 amide bonds. The van der Waals surface area contributed by atoms with Crippen molar-refractivity contribution in [2.24, 2.45) is 5.92 Å². The lowest BCUT2D eigenvalue weighted by atomic mass is 9.95. The van der Waals surface area contributed by atoms with Crippen LogP contribution in [-0.4, -0.2) is 42.9 Å². The number of hydrogen-bond acceptors (Lipinski definition) is 4. The molecule has 1 atom stereocenters. The van der Waals surface area contributed by atoms with Gasteiger partial charge in [-0.3, -0.25) is 0 Å². The van der Waals surface area contributed by atoms with Crippen LogP contribution in [-0.2, 0) is 14.5 Å². The highest BCUT2D eigenvalue weighted by Crippen LogP contribution is 2.23. The van der Waals surface area contributed by atoms with E-state index in [1.54, 1.807) is 14.1 Å². The fraction of sp³-hybridized carbons (Fsp3) is 0.941. The van der Waals surface area contributed by atoms with Crippen molar-refractivity contribution in [1.82, 2.24) is 4.90 Å². The molecule has 0 saturated carbocycles. The standard InChI is InChI=1S/C17H35NO4/c1-14(11-13-20-15(19)18(7)8)10-9-12-17(5,6)22-21-16(2,3)4/h14H,9-13H2,1-8H3. The number of ether oxygens (including phenoxy) is 1. The average molecular weight is 317 g/mol. The van der Waals surface area contributed by atoms with Crippen molar-refractivity contribution in [3.63, 3.8) is 0 Å². The fourth-order valence-electron chi connectivity index (χ4n) is 1.78. The molecule has 0 radical (unpaired) electrons. The lowest BCUT2D eigenvalue weighted by Gasteiger charge is -2.28. The van der Waals surface area contributed by atoms with E-state index in [1.165, 1.54) is 4.90 Å². The summed E-state index contributed by atoms with van der Waals surface area (Å²) in [7, 11) is 3.38. The number of hydrogen-bond donors (Lipinski definition) is 0. The van der Waals surface area contributed by atoms with Gasteiger partial charge in [-0.25, -0.2) is 14.6 Å². The molecule has 0 N–H and O–H groups in total. The Kier molecular flexibility index (Phi) is 9.01. The summed E-state index contributed by atoms with van der Waals surface area (Å²) in [5.74, 6) is 0.522. The summed E-state index contributed by atoms with van der Waals surface area (Å²) in [6.07, 6.45) is 3.69. The van der Waals surface area contributed by atoms with Crippen LogP contribution in [0.4, 0.5) is 4.79 Å². The Balaban J connectivity index is 3.82. The zero-order valence-corrected chi connectivity index (χ0v) is 15.7. The number of nitrogens with zero attached hydrogens (tertiary/aromatic N) is 1. The minimum Gasteiger partial charge on any atom is -0.449 e. The summed E-state index contributed by atoms with van der Waals surface area (Å²) >= 11 is 0. The Morgan fingerprint density at radius 3 is 2.14 bits per heavy atom. The first-order valence-corrected chi connectivity index (χ1v) is 8.14. The third-order valence-corrected chi connectivity index (χ3v) is 3.19. The van der Waals surface area contributed by atoms with Crippen LogP contribution in [0.3, 0.4) is 0 Å². The van der Waals surface area contributed by atoms with Crippen LogP contribution in [0.15, 0.2) is 0 Å². The fourth-order valence-corrected chi connectivity index (χ4v) is 1.78. The molecule has 1 unspecified atom stereocenters. The van der Waals surface area contributed by atoms with Gasteiger partial charge in [0.05, 0.1) is 17.8 Å². The van der Waals surface area contributed by atoms with Gasteiger partial charge in [-0.15, -0.1) is 0 Å². The third kappa shape index (κ3) is 11.8. The first kappa shape index (κ1) is 21.2. The van der Waals surface area contributed by atoms with Crippen LogP contribution in [0.25, 0.3) is 0 Å². The van der Waals surface area contributed by atoms with Gasteiger partial charge in [0.15, 0.2) is 0 Å². The molecule has 0 heterocycles. The Labute approximate surface area is 136 Å². The summed E-state index contributed by atoms with van der Waals surface area (Å²) in [6.45, 7) is 12.7. The molecule has 0 aromatic carbocycles. The van der Waals surface area contributed by atoms with Crippen LogP contribution in [0, 0.1) is 5.92 Å².